The molecule has 0 aliphatic heterocycles. The first kappa shape index (κ1) is 30.4. The maximum absolute atomic E-state index is 6.38. The number of furan rings is 2. The van der Waals surface area contributed by atoms with E-state index in [2.05, 4.69) is 167 Å². The zero-order valence-electron chi connectivity index (χ0n) is 29.4. The highest BCUT2D eigenvalue weighted by atomic mass is 32.1. The smallest absolute Gasteiger partial charge is 0.137 e. The second-order valence-corrected chi connectivity index (χ2v) is 15.1. The number of hydrogen-bond acceptors (Lipinski definition) is 4. The van der Waals surface area contributed by atoms with Crippen LogP contribution in [0.25, 0.3) is 91.9 Å². The Bertz CT molecular complexity index is 3330. The Balaban J connectivity index is 1.02. The molecule has 0 amide bonds. The summed E-state index contributed by atoms with van der Waals surface area (Å²) in [7, 11) is 0. The molecule has 0 fully saturated rings. The topological polar surface area (TPSA) is 34.5 Å². The van der Waals surface area contributed by atoms with Gasteiger partial charge in [0.1, 0.15) is 22.3 Å². The maximum Gasteiger partial charge on any atom is 0.137 e. The molecule has 8 aromatic carbocycles. The lowest BCUT2D eigenvalue weighted by molar-refractivity contribution is 0.669. The van der Waals surface area contributed by atoms with E-state index in [1.165, 1.54) is 48.0 Å². The number of benzene rings is 8. The Morgan fingerprint density at radius 1 is 0.400 bits per heavy atom. The third-order valence-electron chi connectivity index (χ3n) is 11.0. The van der Waals surface area contributed by atoms with Crippen LogP contribution >= 0.6 is 11.3 Å². The summed E-state index contributed by atoms with van der Waals surface area (Å²) in [5.41, 5.74) is 12.6. The third-order valence-corrected chi connectivity index (χ3v) is 12.3. The van der Waals surface area contributed by atoms with Gasteiger partial charge in [-0.25, -0.2) is 0 Å². The number of nitrogens with zero attached hydrogens (tertiary/aromatic N) is 2. The van der Waals surface area contributed by atoms with Gasteiger partial charge in [-0.1, -0.05) is 103 Å². The van der Waals surface area contributed by atoms with Gasteiger partial charge in [0, 0.05) is 71.9 Å². The van der Waals surface area contributed by atoms with E-state index in [4.69, 9.17) is 8.83 Å². The van der Waals surface area contributed by atoms with Gasteiger partial charge in [-0.2, -0.15) is 0 Å². The number of thiophene rings is 1. The fourth-order valence-corrected chi connectivity index (χ4v) is 9.86. The highest BCUT2D eigenvalue weighted by molar-refractivity contribution is 7.27. The zero-order chi connectivity index (χ0) is 36.0. The molecule has 4 aromatic heterocycles. The molecule has 4 heterocycles. The molecule has 0 saturated carbocycles. The SMILES string of the molecule is c1ccc(-n2c3ccccc3c3sc4c(-c5ccc(N(c6ccc7c(c6)oc6ccccc67)c6ccc7c(c6)oc6ccccc67)cc5)cccc4c32)cc1. The summed E-state index contributed by atoms with van der Waals surface area (Å²) in [6.07, 6.45) is 0. The highest BCUT2D eigenvalue weighted by Crippen LogP contribution is 2.46. The fraction of sp³-hybridized carbons (Fsp3) is 0. The van der Waals surface area contributed by atoms with Crippen LogP contribution in [-0.4, -0.2) is 4.57 Å². The van der Waals surface area contributed by atoms with E-state index in [0.29, 0.717) is 0 Å². The van der Waals surface area contributed by atoms with Gasteiger partial charge in [0.05, 0.1) is 15.7 Å². The molecular weight excluding hydrogens is 693 g/mol. The summed E-state index contributed by atoms with van der Waals surface area (Å²) < 4.78 is 17.8. The first-order valence-electron chi connectivity index (χ1n) is 18.5. The number of para-hydroxylation sites is 4. The lowest BCUT2D eigenvalue weighted by atomic mass is 10.0. The molecule has 258 valence electrons. The molecule has 0 spiro atoms. The largest absolute Gasteiger partial charge is 0.456 e. The summed E-state index contributed by atoms with van der Waals surface area (Å²) >= 11 is 1.89. The monoisotopic (exact) mass is 722 g/mol. The van der Waals surface area contributed by atoms with Crippen LogP contribution in [0.2, 0.25) is 0 Å². The molecule has 12 aromatic rings. The molecule has 0 radical (unpaired) electrons. The number of aromatic nitrogens is 1. The first-order valence-corrected chi connectivity index (χ1v) is 19.3. The van der Waals surface area contributed by atoms with Crippen LogP contribution in [0, 0.1) is 0 Å². The molecule has 55 heavy (non-hydrogen) atoms. The van der Waals surface area contributed by atoms with Crippen molar-refractivity contribution >= 4 is 103 Å². The molecule has 0 saturated heterocycles. The molecule has 0 aliphatic rings. The van der Waals surface area contributed by atoms with Crippen molar-refractivity contribution < 1.29 is 8.83 Å². The van der Waals surface area contributed by atoms with Crippen LogP contribution in [-0.2, 0) is 0 Å². The van der Waals surface area contributed by atoms with Crippen LogP contribution in [0.4, 0.5) is 17.1 Å². The van der Waals surface area contributed by atoms with Gasteiger partial charge in [0.15, 0.2) is 0 Å². The minimum Gasteiger partial charge on any atom is -0.456 e. The maximum atomic E-state index is 6.38. The Hall–Kier alpha value is -7.08. The molecule has 0 unspecified atom stereocenters. The summed E-state index contributed by atoms with van der Waals surface area (Å²) in [5, 5.41) is 6.99. The average molecular weight is 723 g/mol. The minimum absolute atomic E-state index is 0.855. The van der Waals surface area contributed by atoms with Crippen LogP contribution in [0.5, 0.6) is 0 Å². The quantitative estimate of drug-likeness (QED) is 0.177. The van der Waals surface area contributed by atoms with Crippen molar-refractivity contribution in [1.29, 1.82) is 0 Å². The van der Waals surface area contributed by atoms with Gasteiger partial charge < -0.3 is 18.3 Å². The Kier molecular flexibility index (Phi) is 6.47. The van der Waals surface area contributed by atoms with E-state index in [1.54, 1.807) is 0 Å². The molecule has 0 aliphatic carbocycles. The van der Waals surface area contributed by atoms with Crippen molar-refractivity contribution in [3.63, 3.8) is 0 Å². The van der Waals surface area contributed by atoms with E-state index >= 15 is 0 Å². The predicted molar refractivity (Wildman–Crippen MR) is 231 cm³/mol. The Morgan fingerprint density at radius 2 is 0.945 bits per heavy atom. The number of fused-ring (bicyclic) bond motifs is 11. The first-order chi connectivity index (χ1) is 27.3. The lowest BCUT2D eigenvalue weighted by Crippen LogP contribution is -2.09. The van der Waals surface area contributed by atoms with Crippen molar-refractivity contribution in [1.82, 2.24) is 4.57 Å². The molecular formula is C50H30N2O2S. The van der Waals surface area contributed by atoms with Gasteiger partial charge in [0.2, 0.25) is 0 Å². The van der Waals surface area contributed by atoms with Crippen LogP contribution < -0.4 is 4.90 Å². The van der Waals surface area contributed by atoms with E-state index in [0.717, 1.165) is 60.9 Å². The number of rotatable bonds is 5. The Labute approximate surface area is 319 Å². The fourth-order valence-electron chi connectivity index (χ4n) is 8.51. The van der Waals surface area contributed by atoms with Gasteiger partial charge in [-0.05, 0) is 77.9 Å². The van der Waals surface area contributed by atoms with Gasteiger partial charge in [0.25, 0.3) is 0 Å². The van der Waals surface area contributed by atoms with E-state index in [1.807, 2.05) is 35.6 Å². The average Bonchev–Trinajstić information content (AvgIpc) is 3.99. The molecule has 0 N–H and O–H groups in total. The molecule has 4 nitrogen and oxygen atoms in total. The van der Waals surface area contributed by atoms with Crippen molar-refractivity contribution in [3.05, 3.63) is 182 Å². The molecule has 0 atom stereocenters. The van der Waals surface area contributed by atoms with Crippen molar-refractivity contribution in [3.8, 4) is 16.8 Å². The highest BCUT2D eigenvalue weighted by Gasteiger charge is 2.21. The summed E-state index contributed by atoms with van der Waals surface area (Å²) in [5.74, 6) is 0. The third kappa shape index (κ3) is 4.57. The van der Waals surface area contributed by atoms with E-state index in [-0.39, 0.29) is 0 Å². The second-order valence-electron chi connectivity index (χ2n) is 14.1. The van der Waals surface area contributed by atoms with E-state index < -0.39 is 0 Å². The van der Waals surface area contributed by atoms with Gasteiger partial charge in [-0.3, -0.25) is 0 Å². The second kappa shape index (κ2) is 11.7. The Morgan fingerprint density at radius 3 is 1.62 bits per heavy atom. The molecule has 12 rings (SSSR count). The van der Waals surface area contributed by atoms with Crippen LogP contribution in [0.3, 0.4) is 0 Å². The number of anilines is 3. The molecule has 0 bridgehead atoms. The van der Waals surface area contributed by atoms with Crippen molar-refractivity contribution in [2.24, 2.45) is 0 Å². The van der Waals surface area contributed by atoms with Gasteiger partial charge in [-0.15, -0.1) is 11.3 Å². The van der Waals surface area contributed by atoms with Crippen molar-refractivity contribution in [2.75, 3.05) is 4.90 Å². The van der Waals surface area contributed by atoms with Crippen LogP contribution in [0.15, 0.2) is 191 Å². The summed E-state index contributed by atoms with van der Waals surface area (Å²) in [6.45, 7) is 0. The lowest BCUT2D eigenvalue weighted by Gasteiger charge is -2.25. The molecule has 5 heteroatoms. The van der Waals surface area contributed by atoms with E-state index in [9.17, 15) is 0 Å². The normalized spacial score (nSPS) is 12.0. The zero-order valence-corrected chi connectivity index (χ0v) is 30.3. The minimum atomic E-state index is 0.855. The van der Waals surface area contributed by atoms with Gasteiger partial charge >= 0.3 is 0 Å². The number of hydrogen-bond donors (Lipinski definition) is 0. The summed E-state index contributed by atoms with van der Waals surface area (Å²) in [4.78, 5) is 2.29. The summed E-state index contributed by atoms with van der Waals surface area (Å²) in [6, 6.07) is 64.6. The predicted octanol–water partition coefficient (Wildman–Crippen LogP) is 14.9. The standard InChI is InChI=1S/C50H30N2O2S/c1-2-11-32(12-3-1)52-43-18-7-4-15-41(43)50-48(52)42-17-10-16-36(49(42)55-50)31-21-23-33(24-22-31)51(34-25-27-39-37-13-5-8-19-44(37)53-46(39)29-34)35-26-28-40-38-14-6-9-20-45(38)54-47(40)30-35/h1-30H. The van der Waals surface area contributed by atoms with Crippen LogP contribution in [0.1, 0.15) is 0 Å². The van der Waals surface area contributed by atoms with Crippen molar-refractivity contribution in [2.45, 2.75) is 0 Å².